The van der Waals surface area contributed by atoms with Crippen LogP contribution in [0.2, 0.25) is 0 Å². The summed E-state index contributed by atoms with van der Waals surface area (Å²) in [5.41, 5.74) is 0.767. The number of unbranched alkanes of at least 4 members (excludes halogenated alkanes) is 2. The van der Waals surface area contributed by atoms with Crippen LogP contribution >= 0.6 is 11.5 Å². The summed E-state index contributed by atoms with van der Waals surface area (Å²) in [6.07, 6.45) is 2.60. The van der Waals surface area contributed by atoms with E-state index in [1.165, 1.54) is 0 Å². The zero-order valence-electron chi connectivity index (χ0n) is 10.3. The zero-order valence-corrected chi connectivity index (χ0v) is 11.1. The van der Waals surface area contributed by atoms with Crippen molar-refractivity contribution in [2.75, 3.05) is 13.2 Å². The standard InChI is InChI=1S/C11H19N3O2S/c1-8(2)9-10(17-14-13-9)11(16)12-6-4-3-5-7-15/h8,15H,3-7H2,1-2H3,(H,12,16). The molecule has 0 aliphatic rings. The molecular weight excluding hydrogens is 238 g/mol. The van der Waals surface area contributed by atoms with Crippen molar-refractivity contribution >= 4 is 17.4 Å². The van der Waals surface area contributed by atoms with Gasteiger partial charge in [0.05, 0.1) is 5.69 Å². The minimum Gasteiger partial charge on any atom is -0.396 e. The first-order chi connectivity index (χ1) is 8.16. The van der Waals surface area contributed by atoms with Gasteiger partial charge < -0.3 is 10.4 Å². The van der Waals surface area contributed by atoms with Gasteiger partial charge in [-0.1, -0.05) is 18.3 Å². The van der Waals surface area contributed by atoms with E-state index in [1.54, 1.807) is 0 Å². The average molecular weight is 257 g/mol. The van der Waals surface area contributed by atoms with Crippen LogP contribution in [0.1, 0.15) is 54.4 Å². The van der Waals surface area contributed by atoms with Crippen molar-refractivity contribution < 1.29 is 9.90 Å². The topological polar surface area (TPSA) is 75.1 Å². The highest BCUT2D eigenvalue weighted by atomic mass is 32.1. The molecule has 0 radical (unpaired) electrons. The Bertz CT molecular complexity index is 352. The lowest BCUT2D eigenvalue weighted by atomic mass is 10.1. The molecule has 5 nitrogen and oxygen atoms in total. The van der Waals surface area contributed by atoms with Crippen LogP contribution in [0.25, 0.3) is 0 Å². The first-order valence-corrected chi connectivity index (χ1v) is 6.65. The lowest BCUT2D eigenvalue weighted by Gasteiger charge is -2.05. The fourth-order valence-electron chi connectivity index (χ4n) is 1.43. The van der Waals surface area contributed by atoms with Crippen molar-refractivity contribution in [1.29, 1.82) is 0 Å². The molecule has 0 unspecified atom stereocenters. The first-order valence-electron chi connectivity index (χ1n) is 5.88. The van der Waals surface area contributed by atoms with E-state index >= 15 is 0 Å². The number of nitrogens with zero attached hydrogens (tertiary/aromatic N) is 2. The van der Waals surface area contributed by atoms with Crippen molar-refractivity contribution in [3.8, 4) is 0 Å². The highest BCUT2D eigenvalue weighted by molar-refractivity contribution is 7.08. The Balaban J connectivity index is 2.39. The zero-order chi connectivity index (χ0) is 12.7. The average Bonchev–Trinajstić information content (AvgIpc) is 2.77. The Hall–Kier alpha value is -1.01. The summed E-state index contributed by atoms with van der Waals surface area (Å²) >= 11 is 1.14. The third-order valence-electron chi connectivity index (χ3n) is 2.39. The first kappa shape index (κ1) is 14.1. The number of carbonyl (C=O) groups excluding carboxylic acids is 1. The van der Waals surface area contributed by atoms with Gasteiger partial charge in [0.2, 0.25) is 0 Å². The van der Waals surface area contributed by atoms with E-state index in [4.69, 9.17) is 5.11 Å². The predicted molar refractivity (Wildman–Crippen MR) is 67.3 cm³/mol. The molecule has 0 saturated carbocycles. The maximum Gasteiger partial charge on any atom is 0.264 e. The summed E-state index contributed by atoms with van der Waals surface area (Å²) in [6, 6.07) is 0. The van der Waals surface area contributed by atoms with Gasteiger partial charge in [-0.2, -0.15) is 0 Å². The van der Waals surface area contributed by atoms with E-state index in [1.807, 2.05) is 13.8 Å². The molecule has 6 heteroatoms. The number of hydrogen-bond acceptors (Lipinski definition) is 5. The van der Waals surface area contributed by atoms with E-state index < -0.39 is 0 Å². The van der Waals surface area contributed by atoms with Gasteiger partial charge in [0.1, 0.15) is 4.88 Å². The van der Waals surface area contributed by atoms with Gasteiger partial charge in [0, 0.05) is 13.2 Å². The Morgan fingerprint density at radius 2 is 2.18 bits per heavy atom. The van der Waals surface area contributed by atoms with E-state index in [0.29, 0.717) is 11.4 Å². The van der Waals surface area contributed by atoms with Gasteiger partial charge in [-0.3, -0.25) is 4.79 Å². The highest BCUT2D eigenvalue weighted by Crippen LogP contribution is 2.19. The van der Waals surface area contributed by atoms with Crippen LogP contribution in [0.15, 0.2) is 0 Å². The number of aliphatic hydroxyl groups is 1. The third-order valence-corrected chi connectivity index (χ3v) is 3.13. The molecule has 0 aliphatic carbocycles. The van der Waals surface area contributed by atoms with E-state index in [-0.39, 0.29) is 18.4 Å². The molecule has 1 aromatic heterocycles. The smallest absolute Gasteiger partial charge is 0.264 e. The Labute approximate surface area is 105 Å². The van der Waals surface area contributed by atoms with Gasteiger partial charge in [-0.05, 0) is 36.7 Å². The second-order valence-electron chi connectivity index (χ2n) is 4.18. The third kappa shape index (κ3) is 4.40. The molecule has 1 heterocycles. The van der Waals surface area contributed by atoms with Crippen LogP contribution in [-0.4, -0.2) is 33.8 Å². The number of amides is 1. The highest BCUT2D eigenvalue weighted by Gasteiger charge is 2.17. The van der Waals surface area contributed by atoms with Crippen molar-refractivity contribution in [1.82, 2.24) is 14.9 Å². The molecule has 0 bridgehead atoms. The molecule has 0 aliphatic heterocycles. The molecule has 1 aromatic rings. The second kappa shape index (κ2) is 7.34. The molecule has 1 rings (SSSR count). The maximum absolute atomic E-state index is 11.8. The predicted octanol–water partition coefficient (Wildman–Crippen LogP) is 1.55. The van der Waals surface area contributed by atoms with Gasteiger partial charge >= 0.3 is 0 Å². The van der Waals surface area contributed by atoms with Gasteiger partial charge in [0.15, 0.2) is 0 Å². The van der Waals surface area contributed by atoms with Crippen LogP contribution in [0.3, 0.4) is 0 Å². The van der Waals surface area contributed by atoms with Crippen LogP contribution < -0.4 is 5.32 Å². The number of nitrogens with one attached hydrogen (secondary N) is 1. The number of aromatic nitrogens is 2. The molecule has 0 saturated heterocycles. The lowest BCUT2D eigenvalue weighted by molar-refractivity contribution is 0.0955. The summed E-state index contributed by atoms with van der Waals surface area (Å²) < 4.78 is 3.82. The minimum atomic E-state index is -0.0901. The summed E-state index contributed by atoms with van der Waals surface area (Å²) in [7, 11) is 0. The number of rotatable bonds is 7. The molecule has 1 amide bonds. The van der Waals surface area contributed by atoms with Crippen molar-refractivity contribution in [2.45, 2.75) is 39.0 Å². The summed E-state index contributed by atoms with van der Waals surface area (Å²) in [5, 5.41) is 15.4. The molecule has 17 heavy (non-hydrogen) atoms. The minimum absolute atomic E-state index is 0.0901. The monoisotopic (exact) mass is 257 g/mol. The molecule has 0 atom stereocenters. The fraction of sp³-hybridized carbons (Fsp3) is 0.727. The Morgan fingerprint density at radius 3 is 2.82 bits per heavy atom. The van der Waals surface area contributed by atoms with Crippen molar-refractivity contribution in [3.63, 3.8) is 0 Å². The molecule has 0 fully saturated rings. The van der Waals surface area contributed by atoms with Crippen molar-refractivity contribution in [2.24, 2.45) is 0 Å². The van der Waals surface area contributed by atoms with E-state index in [0.717, 1.165) is 36.5 Å². The molecule has 2 N–H and O–H groups in total. The Kier molecular flexibility index (Phi) is 6.07. The number of hydrogen-bond donors (Lipinski definition) is 2. The number of aliphatic hydroxyl groups excluding tert-OH is 1. The quantitative estimate of drug-likeness (QED) is 0.727. The Morgan fingerprint density at radius 1 is 1.41 bits per heavy atom. The largest absolute Gasteiger partial charge is 0.396 e. The molecule has 0 aromatic carbocycles. The van der Waals surface area contributed by atoms with Gasteiger partial charge in [-0.15, -0.1) is 5.10 Å². The van der Waals surface area contributed by atoms with Crippen LogP contribution in [-0.2, 0) is 0 Å². The maximum atomic E-state index is 11.8. The second-order valence-corrected chi connectivity index (χ2v) is 4.94. The van der Waals surface area contributed by atoms with Crippen LogP contribution in [0.5, 0.6) is 0 Å². The summed E-state index contributed by atoms with van der Waals surface area (Å²) in [6.45, 7) is 4.84. The number of carbonyl (C=O) groups is 1. The summed E-state index contributed by atoms with van der Waals surface area (Å²) in [5.74, 6) is 0.122. The van der Waals surface area contributed by atoms with Crippen molar-refractivity contribution in [3.05, 3.63) is 10.6 Å². The van der Waals surface area contributed by atoms with Crippen LogP contribution in [0.4, 0.5) is 0 Å². The van der Waals surface area contributed by atoms with Gasteiger partial charge in [0.25, 0.3) is 5.91 Å². The van der Waals surface area contributed by atoms with Crippen LogP contribution in [0, 0.1) is 0 Å². The summed E-state index contributed by atoms with van der Waals surface area (Å²) in [4.78, 5) is 12.4. The molecule has 96 valence electrons. The lowest BCUT2D eigenvalue weighted by Crippen LogP contribution is -2.24. The molecule has 0 spiro atoms. The fourth-order valence-corrected chi connectivity index (χ4v) is 2.16. The van der Waals surface area contributed by atoms with Gasteiger partial charge in [-0.25, -0.2) is 0 Å². The van der Waals surface area contributed by atoms with E-state index in [2.05, 4.69) is 14.9 Å². The normalized spacial score (nSPS) is 10.8. The SMILES string of the molecule is CC(C)c1nnsc1C(=O)NCCCCCO. The molecular formula is C11H19N3O2S. The van der Waals surface area contributed by atoms with E-state index in [9.17, 15) is 4.79 Å².